The van der Waals surface area contributed by atoms with Crippen LogP contribution in [0, 0.1) is 6.92 Å². The van der Waals surface area contributed by atoms with Gasteiger partial charge in [-0.2, -0.15) is 0 Å². The summed E-state index contributed by atoms with van der Waals surface area (Å²) in [4.78, 5) is 28.3. The second kappa shape index (κ2) is 8.69. The van der Waals surface area contributed by atoms with Crippen molar-refractivity contribution in [3.8, 4) is 0 Å². The Morgan fingerprint density at radius 2 is 1.89 bits per heavy atom. The van der Waals surface area contributed by atoms with Gasteiger partial charge in [0.2, 0.25) is 0 Å². The first-order valence-electron chi connectivity index (χ1n) is 9.41. The molecule has 0 radical (unpaired) electrons. The molecular weight excluding hydrogens is 354 g/mol. The number of aryl methyl sites for hydroxylation is 1. The number of fused-ring (bicyclic) bond motifs is 1. The molecular formula is C22H25N3O3. The van der Waals surface area contributed by atoms with Crippen LogP contribution in [0.25, 0.3) is 5.65 Å². The molecule has 3 aromatic rings. The van der Waals surface area contributed by atoms with E-state index < -0.39 is 5.97 Å². The molecule has 1 aromatic carbocycles. The van der Waals surface area contributed by atoms with E-state index in [9.17, 15) is 9.59 Å². The SMILES string of the molecule is Cc1cccc2nc(C(=O)OCC(=O)NCCc3ccc(C(C)C)cc3)cn12. The number of pyridine rings is 1. The van der Waals surface area contributed by atoms with Crippen LogP contribution in [0.4, 0.5) is 0 Å². The summed E-state index contributed by atoms with van der Waals surface area (Å²) in [6.45, 7) is 6.41. The second-order valence-corrected chi connectivity index (χ2v) is 7.09. The smallest absolute Gasteiger partial charge is 0.359 e. The lowest BCUT2D eigenvalue weighted by atomic mass is 10.0. The summed E-state index contributed by atoms with van der Waals surface area (Å²) in [5.74, 6) is -0.435. The molecule has 0 aliphatic carbocycles. The molecule has 28 heavy (non-hydrogen) atoms. The highest BCUT2D eigenvalue weighted by atomic mass is 16.5. The molecule has 0 fully saturated rings. The van der Waals surface area contributed by atoms with E-state index in [4.69, 9.17) is 4.74 Å². The van der Waals surface area contributed by atoms with Crippen molar-refractivity contribution in [2.45, 2.75) is 33.1 Å². The molecule has 0 saturated carbocycles. The lowest BCUT2D eigenvalue weighted by molar-refractivity contribution is -0.124. The minimum absolute atomic E-state index is 0.187. The lowest BCUT2D eigenvalue weighted by Gasteiger charge is -2.08. The minimum atomic E-state index is -0.609. The third kappa shape index (κ3) is 4.76. The Kier molecular flexibility index (Phi) is 6.09. The number of nitrogens with zero attached hydrogens (tertiary/aromatic N) is 2. The van der Waals surface area contributed by atoms with E-state index in [1.807, 2.05) is 25.1 Å². The van der Waals surface area contributed by atoms with Gasteiger partial charge in [0.25, 0.3) is 5.91 Å². The van der Waals surface area contributed by atoms with Crippen LogP contribution in [-0.2, 0) is 16.0 Å². The summed E-state index contributed by atoms with van der Waals surface area (Å²) in [6.07, 6.45) is 2.34. The van der Waals surface area contributed by atoms with Gasteiger partial charge < -0.3 is 14.5 Å². The maximum absolute atomic E-state index is 12.1. The number of hydrogen-bond donors (Lipinski definition) is 1. The molecule has 0 aliphatic rings. The van der Waals surface area contributed by atoms with Gasteiger partial charge in [0.15, 0.2) is 12.3 Å². The van der Waals surface area contributed by atoms with Gasteiger partial charge in [-0.1, -0.05) is 44.2 Å². The molecule has 0 unspecified atom stereocenters. The third-order valence-electron chi connectivity index (χ3n) is 4.62. The first kappa shape index (κ1) is 19.6. The predicted octanol–water partition coefficient (Wildman–Crippen LogP) is 3.28. The summed E-state index contributed by atoms with van der Waals surface area (Å²) < 4.78 is 6.88. The Bertz CT molecular complexity index is 974. The van der Waals surface area contributed by atoms with Crippen molar-refractivity contribution < 1.29 is 14.3 Å². The molecule has 6 nitrogen and oxygen atoms in total. The molecule has 1 N–H and O–H groups in total. The van der Waals surface area contributed by atoms with E-state index in [1.54, 1.807) is 10.6 Å². The summed E-state index contributed by atoms with van der Waals surface area (Å²) in [5.41, 5.74) is 4.26. The van der Waals surface area contributed by atoms with Crippen LogP contribution in [0.15, 0.2) is 48.7 Å². The highest BCUT2D eigenvalue weighted by Gasteiger charge is 2.14. The highest BCUT2D eigenvalue weighted by molar-refractivity contribution is 5.90. The number of imidazole rings is 1. The average molecular weight is 379 g/mol. The standard InChI is InChI=1S/C22H25N3O3/c1-15(2)18-9-7-17(8-10-18)11-12-23-21(26)14-28-22(27)19-13-25-16(3)5-4-6-20(25)24-19/h4-10,13,15H,11-12,14H2,1-3H3,(H,23,26). The number of hydrogen-bond acceptors (Lipinski definition) is 4. The molecule has 1 amide bonds. The predicted molar refractivity (Wildman–Crippen MR) is 107 cm³/mol. The number of amides is 1. The van der Waals surface area contributed by atoms with Gasteiger partial charge in [-0.3, -0.25) is 4.79 Å². The number of ether oxygens (including phenoxy) is 1. The first-order chi connectivity index (χ1) is 13.4. The van der Waals surface area contributed by atoms with Crippen molar-refractivity contribution in [1.82, 2.24) is 14.7 Å². The van der Waals surface area contributed by atoms with E-state index in [-0.39, 0.29) is 18.2 Å². The minimum Gasteiger partial charge on any atom is -0.451 e. The molecule has 0 bridgehead atoms. The van der Waals surface area contributed by atoms with Gasteiger partial charge in [0, 0.05) is 18.4 Å². The maximum atomic E-state index is 12.1. The fourth-order valence-corrected chi connectivity index (χ4v) is 2.92. The quantitative estimate of drug-likeness (QED) is 0.640. The molecule has 6 heteroatoms. The lowest BCUT2D eigenvalue weighted by Crippen LogP contribution is -2.30. The van der Waals surface area contributed by atoms with Crippen molar-refractivity contribution in [3.05, 3.63) is 71.2 Å². The number of benzene rings is 1. The van der Waals surface area contributed by atoms with Gasteiger partial charge in [-0.15, -0.1) is 0 Å². The summed E-state index contributed by atoms with van der Waals surface area (Å²) >= 11 is 0. The fraction of sp³-hybridized carbons (Fsp3) is 0.318. The number of carbonyl (C=O) groups is 2. The van der Waals surface area contributed by atoms with Crippen LogP contribution in [0.1, 0.15) is 47.1 Å². The van der Waals surface area contributed by atoms with Crippen LogP contribution in [0.5, 0.6) is 0 Å². The summed E-state index contributed by atoms with van der Waals surface area (Å²) in [6, 6.07) is 14.0. The fourth-order valence-electron chi connectivity index (χ4n) is 2.92. The second-order valence-electron chi connectivity index (χ2n) is 7.09. The Balaban J connectivity index is 1.44. The van der Waals surface area contributed by atoms with Crippen LogP contribution in [0.2, 0.25) is 0 Å². The highest BCUT2D eigenvalue weighted by Crippen LogP contribution is 2.14. The number of aromatic nitrogens is 2. The Labute approximate surface area is 164 Å². The van der Waals surface area contributed by atoms with Gasteiger partial charge in [0.1, 0.15) is 5.65 Å². The van der Waals surface area contributed by atoms with Crippen LogP contribution in [0.3, 0.4) is 0 Å². The zero-order chi connectivity index (χ0) is 20.1. The molecule has 0 aliphatic heterocycles. The van der Waals surface area contributed by atoms with Crippen LogP contribution >= 0.6 is 0 Å². The Hall–Kier alpha value is -3.15. The number of nitrogens with one attached hydrogen (secondary N) is 1. The Morgan fingerprint density at radius 1 is 1.14 bits per heavy atom. The van der Waals surface area contributed by atoms with Crippen LogP contribution in [-0.4, -0.2) is 34.4 Å². The molecule has 0 spiro atoms. The largest absolute Gasteiger partial charge is 0.451 e. The Morgan fingerprint density at radius 3 is 2.57 bits per heavy atom. The van der Waals surface area contributed by atoms with Crippen molar-refractivity contribution in [3.63, 3.8) is 0 Å². The van der Waals surface area contributed by atoms with Crippen molar-refractivity contribution in [2.24, 2.45) is 0 Å². The topological polar surface area (TPSA) is 72.7 Å². The molecule has 2 heterocycles. The van der Waals surface area contributed by atoms with Crippen molar-refractivity contribution >= 4 is 17.5 Å². The normalized spacial score (nSPS) is 11.0. The van der Waals surface area contributed by atoms with Crippen LogP contribution < -0.4 is 5.32 Å². The monoisotopic (exact) mass is 379 g/mol. The number of carbonyl (C=O) groups excluding carboxylic acids is 2. The summed E-state index contributed by atoms with van der Waals surface area (Å²) in [5, 5.41) is 2.77. The van der Waals surface area contributed by atoms with Gasteiger partial charge in [-0.25, -0.2) is 9.78 Å². The maximum Gasteiger partial charge on any atom is 0.359 e. The van der Waals surface area contributed by atoms with Gasteiger partial charge in [-0.05, 0) is 42.5 Å². The van der Waals surface area contributed by atoms with Crippen molar-refractivity contribution in [1.29, 1.82) is 0 Å². The molecule has 3 rings (SSSR count). The van der Waals surface area contributed by atoms with Gasteiger partial charge in [0.05, 0.1) is 0 Å². The average Bonchev–Trinajstić information content (AvgIpc) is 3.12. The van der Waals surface area contributed by atoms with E-state index >= 15 is 0 Å². The summed E-state index contributed by atoms with van der Waals surface area (Å²) in [7, 11) is 0. The zero-order valence-electron chi connectivity index (χ0n) is 16.4. The number of esters is 1. The molecule has 0 atom stereocenters. The van der Waals surface area contributed by atoms with E-state index in [0.29, 0.717) is 18.1 Å². The number of rotatable bonds is 7. The zero-order valence-corrected chi connectivity index (χ0v) is 16.4. The van der Waals surface area contributed by atoms with E-state index in [0.717, 1.165) is 17.7 Å². The molecule has 2 aromatic heterocycles. The third-order valence-corrected chi connectivity index (χ3v) is 4.62. The van der Waals surface area contributed by atoms with Gasteiger partial charge >= 0.3 is 5.97 Å². The first-order valence-corrected chi connectivity index (χ1v) is 9.41. The van der Waals surface area contributed by atoms with E-state index in [1.165, 1.54) is 5.56 Å². The van der Waals surface area contributed by atoms with Crippen molar-refractivity contribution in [2.75, 3.05) is 13.2 Å². The van der Waals surface area contributed by atoms with E-state index in [2.05, 4.69) is 48.4 Å². The molecule has 146 valence electrons. The molecule has 0 saturated heterocycles.